The second-order valence-corrected chi connectivity index (χ2v) is 7.88. The molecule has 1 aliphatic carbocycles. The number of nitrogens with one attached hydrogen (secondary N) is 1. The minimum Gasteiger partial charge on any atom is -0.488 e. The summed E-state index contributed by atoms with van der Waals surface area (Å²) in [4.78, 5) is 11.0. The van der Waals surface area contributed by atoms with Gasteiger partial charge in [0.15, 0.2) is 0 Å². The monoisotopic (exact) mass is 381 g/mol. The average Bonchev–Trinajstić information content (AvgIpc) is 3.23. The van der Waals surface area contributed by atoms with Crippen molar-refractivity contribution in [3.63, 3.8) is 0 Å². The first-order valence-electron chi connectivity index (χ1n) is 9.74. The van der Waals surface area contributed by atoms with E-state index < -0.39 is 0 Å². The SMILES string of the molecule is COC[C@@H]1CCCN1c1cc(C(=N)c2cc(OC3(C)CC3)ccc2N)ncn1. The molecule has 0 radical (unpaired) electrons. The average molecular weight is 381 g/mol. The van der Waals surface area contributed by atoms with E-state index in [9.17, 15) is 0 Å². The molecule has 1 aliphatic heterocycles. The molecule has 7 heteroatoms. The first-order chi connectivity index (χ1) is 13.5. The number of nitrogens with two attached hydrogens (primary N) is 1. The van der Waals surface area contributed by atoms with Crippen LogP contribution < -0.4 is 15.4 Å². The molecule has 1 atom stereocenters. The fourth-order valence-electron chi connectivity index (χ4n) is 3.66. The number of benzene rings is 1. The maximum absolute atomic E-state index is 8.68. The number of rotatable bonds is 7. The van der Waals surface area contributed by atoms with Crippen LogP contribution in [0, 0.1) is 5.41 Å². The number of nitrogens with zero attached hydrogens (tertiary/aromatic N) is 3. The molecule has 3 N–H and O–H groups in total. The van der Waals surface area contributed by atoms with Gasteiger partial charge in [0.25, 0.3) is 0 Å². The summed E-state index contributed by atoms with van der Waals surface area (Å²) < 4.78 is 11.4. The quantitative estimate of drug-likeness (QED) is 0.565. The third kappa shape index (κ3) is 3.80. The lowest BCUT2D eigenvalue weighted by atomic mass is 10.0. The summed E-state index contributed by atoms with van der Waals surface area (Å²) in [7, 11) is 1.72. The van der Waals surface area contributed by atoms with Crippen LogP contribution in [0.2, 0.25) is 0 Å². The van der Waals surface area contributed by atoms with E-state index in [4.69, 9.17) is 20.6 Å². The van der Waals surface area contributed by atoms with Crippen molar-refractivity contribution in [2.45, 2.75) is 44.2 Å². The highest BCUT2D eigenvalue weighted by molar-refractivity contribution is 6.13. The van der Waals surface area contributed by atoms with Crippen LogP contribution in [-0.2, 0) is 4.74 Å². The molecule has 1 aromatic heterocycles. The zero-order valence-electron chi connectivity index (χ0n) is 16.4. The molecule has 1 saturated carbocycles. The summed E-state index contributed by atoms with van der Waals surface area (Å²) >= 11 is 0. The zero-order valence-corrected chi connectivity index (χ0v) is 16.4. The van der Waals surface area contributed by atoms with E-state index in [1.807, 2.05) is 18.2 Å². The van der Waals surface area contributed by atoms with Gasteiger partial charge in [-0.3, -0.25) is 5.41 Å². The van der Waals surface area contributed by atoms with Gasteiger partial charge in [-0.25, -0.2) is 9.97 Å². The van der Waals surface area contributed by atoms with Crippen molar-refractivity contribution < 1.29 is 9.47 Å². The van der Waals surface area contributed by atoms with Crippen molar-refractivity contribution >= 4 is 17.2 Å². The summed E-state index contributed by atoms with van der Waals surface area (Å²) in [6.45, 7) is 3.70. The molecule has 28 heavy (non-hydrogen) atoms. The minimum absolute atomic E-state index is 0.0796. The lowest BCUT2D eigenvalue weighted by Gasteiger charge is -2.25. The number of aromatic nitrogens is 2. The number of hydrogen-bond donors (Lipinski definition) is 2. The highest BCUT2D eigenvalue weighted by Gasteiger charge is 2.40. The van der Waals surface area contributed by atoms with Crippen LogP contribution in [0.15, 0.2) is 30.6 Å². The van der Waals surface area contributed by atoms with Crippen molar-refractivity contribution in [2.24, 2.45) is 0 Å². The lowest BCUT2D eigenvalue weighted by molar-refractivity contribution is 0.180. The van der Waals surface area contributed by atoms with E-state index in [0.717, 1.165) is 43.8 Å². The van der Waals surface area contributed by atoms with Gasteiger partial charge < -0.3 is 20.1 Å². The topological polar surface area (TPSA) is 97.3 Å². The Morgan fingerprint density at radius 2 is 2.14 bits per heavy atom. The Hall–Kier alpha value is -2.67. The molecule has 2 heterocycles. The van der Waals surface area contributed by atoms with Gasteiger partial charge in [0.2, 0.25) is 0 Å². The van der Waals surface area contributed by atoms with Crippen LogP contribution in [0.4, 0.5) is 11.5 Å². The van der Waals surface area contributed by atoms with Gasteiger partial charge in [-0.1, -0.05) is 0 Å². The molecule has 2 aromatic rings. The molecule has 0 amide bonds. The number of hydrogen-bond acceptors (Lipinski definition) is 7. The van der Waals surface area contributed by atoms with Gasteiger partial charge >= 0.3 is 0 Å². The Kier molecular flexibility index (Phi) is 4.93. The molecule has 2 aliphatic rings. The predicted octanol–water partition coefficient (Wildman–Crippen LogP) is 3.02. The first kappa shape index (κ1) is 18.7. The van der Waals surface area contributed by atoms with E-state index in [0.29, 0.717) is 29.6 Å². The van der Waals surface area contributed by atoms with Crippen molar-refractivity contribution in [3.8, 4) is 5.75 Å². The Bertz CT molecular complexity index is 881. The predicted molar refractivity (Wildman–Crippen MR) is 109 cm³/mol. The molecular weight excluding hydrogens is 354 g/mol. The molecule has 1 aromatic carbocycles. The fraction of sp³-hybridized carbons (Fsp3) is 0.476. The second kappa shape index (κ2) is 7.39. The van der Waals surface area contributed by atoms with Crippen molar-refractivity contribution in [3.05, 3.63) is 41.9 Å². The maximum atomic E-state index is 8.68. The number of nitrogen functional groups attached to an aromatic ring is 1. The third-order valence-corrected chi connectivity index (χ3v) is 5.55. The minimum atomic E-state index is -0.0796. The molecule has 7 nitrogen and oxygen atoms in total. The molecular formula is C21H27N5O2. The van der Waals surface area contributed by atoms with Gasteiger partial charge in [0.05, 0.1) is 24.1 Å². The van der Waals surface area contributed by atoms with Crippen molar-refractivity contribution in [2.75, 3.05) is 30.9 Å². The van der Waals surface area contributed by atoms with E-state index in [2.05, 4.69) is 21.8 Å². The van der Waals surface area contributed by atoms with Gasteiger partial charge in [0.1, 0.15) is 23.5 Å². The third-order valence-electron chi connectivity index (χ3n) is 5.55. The first-order valence-corrected chi connectivity index (χ1v) is 9.74. The van der Waals surface area contributed by atoms with Crippen LogP contribution in [0.25, 0.3) is 0 Å². The molecule has 2 fully saturated rings. The molecule has 0 unspecified atom stereocenters. The molecule has 1 saturated heterocycles. The Morgan fingerprint density at radius 3 is 2.89 bits per heavy atom. The van der Waals surface area contributed by atoms with Gasteiger partial charge in [-0.15, -0.1) is 0 Å². The normalized spacial score (nSPS) is 20.2. The second-order valence-electron chi connectivity index (χ2n) is 7.88. The highest BCUT2D eigenvalue weighted by Crippen LogP contribution is 2.40. The molecule has 0 bridgehead atoms. The highest BCUT2D eigenvalue weighted by atomic mass is 16.5. The standard InChI is InChI=1S/C21H27N5O2/c1-21(7-8-21)28-15-5-6-17(22)16(10-15)20(23)18-11-19(25-13-24-18)26-9-3-4-14(26)12-27-2/h5-6,10-11,13-14,23H,3-4,7-9,12,22H2,1-2H3/t14-/m0/s1. The molecule has 148 valence electrons. The number of anilines is 2. The Balaban J connectivity index is 1.59. The fourth-order valence-corrected chi connectivity index (χ4v) is 3.66. The van der Waals surface area contributed by atoms with E-state index in [-0.39, 0.29) is 11.3 Å². The van der Waals surface area contributed by atoms with Crippen molar-refractivity contribution in [1.82, 2.24) is 9.97 Å². The van der Waals surface area contributed by atoms with Gasteiger partial charge in [0, 0.05) is 31.0 Å². The lowest BCUT2D eigenvalue weighted by Crippen LogP contribution is -2.33. The summed E-state index contributed by atoms with van der Waals surface area (Å²) in [6.07, 6.45) is 5.81. The Morgan fingerprint density at radius 1 is 1.32 bits per heavy atom. The molecule has 0 spiro atoms. The van der Waals surface area contributed by atoms with Gasteiger partial charge in [-0.2, -0.15) is 0 Å². The van der Waals surface area contributed by atoms with Gasteiger partial charge in [-0.05, 0) is 50.8 Å². The Labute approximate surface area is 165 Å². The largest absolute Gasteiger partial charge is 0.488 e. The van der Waals surface area contributed by atoms with Crippen LogP contribution >= 0.6 is 0 Å². The van der Waals surface area contributed by atoms with Crippen LogP contribution in [0.5, 0.6) is 5.75 Å². The van der Waals surface area contributed by atoms with E-state index >= 15 is 0 Å². The van der Waals surface area contributed by atoms with Crippen LogP contribution in [-0.4, -0.2) is 47.6 Å². The number of ether oxygens (including phenoxy) is 2. The smallest absolute Gasteiger partial charge is 0.132 e. The van der Waals surface area contributed by atoms with E-state index in [1.165, 1.54) is 6.33 Å². The summed E-state index contributed by atoms with van der Waals surface area (Å²) in [6, 6.07) is 7.67. The van der Waals surface area contributed by atoms with E-state index in [1.54, 1.807) is 13.2 Å². The van der Waals surface area contributed by atoms with Crippen LogP contribution in [0.3, 0.4) is 0 Å². The number of methoxy groups -OCH3 is 1. The molecule has 4 rings (SSSR count). The maximum Gasteiger partial charge on any atom is 0.132 e. The summed E-state index contributed by atoms with van der Waals surface area (Å²) in [5.41, 5.74) is 8.07. The van der Waals surface area contributed by atoms with Crippen molar-refractivity contribution in [1.29, 1.82) is 5.41 Å². The zero-order chi connectivity index (χ0) is 19.7. The summed E-state index contributed by atoms with van der Waals surface area (Å²) in [5.74, 6) is 1.56. The van der Waals surface area contributed by atoms with Crippen LogP contribution in [0.1, 0.15) is 43.9 Å². The summed E-state index contributed by atoms with van der Waals surface area (Å²) in [5, 5.41) is 8.68.